The molecule has 3 rings (SSSR count). The lowest BCUT2D eigenvalue weighted by Crippen LogP contribution is -3.22. The molecule has 1 aromatic rings. The van der Waals surface area contributed by atoms with Gasteiger partial charge < -0.3 is 31.4 Å². The molecule has 0 saturated carbocycles. The molecule has 0 spiro atoms. The van der Waals surface area contributed by atoms with E-state index in [2.05, 4.69) is 25.9 Å². The van der Waals surface area contributed by atoms with E-state index in [-0.39, 0.29) is 42.9 Å². The van der Waals surface area contributed by atoms with Crippen LogP contribution in [-0.4, -0.2) is 78.3 Å². The Morgan fingerprint density at radius 1 is 1.32 bits per heavy atom. The number of anilines is 1. The topological polar surface area (TPSA) is 220 Å². The number of benzene rings is 1. The second-order valence-electron chi connectivity index (χ2n) is 7.67. The number of hydrogen-bond acceptors (Lipinski definition) is 10. The molecule has 0 aromatic heterocycles. The van der Waals surface area contributed by atoms with Gasteiger partial charge in [0.05, 0.1) is 25.1 Å². The Bertz CT molecular complexity index is 1050. The number of rotatable bonds is 10. The van der Waals surface area contributed by atoms with Crippen molar-refractivity contribution in [2.45, 2.75) is 31.0 Å². The smallest absolute Gasteiger partial charge is 0.303 e. The van der Waals surface area contributed by atoms with Crippen LogP contribution >= 0.6 is 0 Å². The van der Waals surface area contributed by atoms with Crippen molar-refractivity contribution < 1.29 is 39.1 Å². The number of hydrogen-bond donors (Lipinski definition) is 6. The third-order valence-electron chi connectivity index (χ3n) is 5.36. The lowest BCUT2D eigenvalue weighted by molar-refractivity contribution is -0.843. The summed E-state index contributed by atoms with van der Waals surface area (Å²) in [6.07, 6.45) is -0.106. The molecule has 0 fully saturated rings. The normalized spacial score (nSPS) is 22.2. The van der Waals surface area contributed by atoms with E-state index in [9.17, 15) is 29.1 Å². The fourth-order valence-corrected chi connectivity index (χ4v) is 3.59. The van der Waals surface area contributed by atoms with Gasteiger partial charge in [0.1, 0.15) is 6.04 Å². The van der Waals surface area contributed by atoms with Crippen molar-refractivity contribution in [3.8, 4) is 0 Å². The Labute approximate surface area is 192 Å². The number of fused-ring (bicyclic) bond motifs is 1. The maximum atomic E-state index is 12.3. The molecule has 2 heterocycles. The van der Waals surface area contributed by atoms with Crippen LogP contribution in [0.1, 0.15) is 23.2 Å². The largest absolute Gasteiger partial charge is 0.548 e. The van der Waals surface area contributed by atoms with Crippen LogP contribution in [0.3, 0.4) is 0 Å². The fourth-order valence-electron chi connectivity index (χ4n) is 3.59. The van der Waals surface area contributed by atoms with E-state index in [0.717, 1.165) is 0 Å². The first-order chi connectivity index (χ1) is 16.2. The van der Waals surface area contributed by atoms with Crippen LogP contribution in [0.25, 0.3) is 0 Å². The van der Waals surface area contributed by atoms with Gasteiger partial charge in [0.2, 0.25) is 12.0 Å². The number of nitrogens with two attached hydrogens (primary N) is 1. The minimum absolute atomic E-state index is 0.0706. The van der Waals surface area contributed by atoms with Crippen LogP contribution in [0.2, 0.25) is 0 Å². The van der Waals surface area contributed by atoms with Gasteiger partial charge in [-0.25, -0.2) is 4.79 Å². The van der Waals surface area contributed by atoms with Gasteiger partial charge in [-0.1, -0.05) is 0 Å². The minimum atomic E-state index is -1.58. The van der Waals surface area contributed by atoms with Gasteiger partial charge in [-0.3, -0.25) is 29.6 Å². The highest BCUT2D eigenvalue weighted by Crippen LogP contribution is 2.11. The average molecular weight is 473 g/mol. The lowest BCUT2D eigenvalue weighted by Gasteiger charge is -2.33. The number of quaternary nitrogens is 1. The summed E-state index contributed by atoms with van der Waals surface area (Å²) in [6.45, 7) is 0.514. The number of nitrogens with zero attached hydrogens (tertiary/aromatic N) is 2. The van der Waals surface area contributed by atoms with Crippen molar-refractivity contribution >= 4 is 47.6 Å². The van der Waals surface area contributed by atoms with Crippen molar-refractivity contribution in [3.05, 3.63) is 29.8 Å². The number of amidine groups is 1. The number of carboxylic acid groups (broad SMARTS) is 2. The highest BCUT2D eigenvalue weighted by molar-refractivity contribution is 6.18. The number of aliphatic carboxylic acids is 2. The van der Waals surface area contributed by atoms with Crippen LogP contribution in [0.4, 0.5) is 5.69 Å². The third-order valence-corrected chi connectivity index (χ3v) is 5.36. The number of carboxylic acids is 2. The monoisotopic (exact) mass is 473 g/mol. The predicted molar refractivity (Wildman–Crippen MR) is 115 cm³/mol. The number of carbonyl (C=O) groups is 5. The Balaban J connectivity index is 1.60. The molecule has 2 aliphatic heterocycles. The van der Waals surface area contributed by atoms with Crippen LogP contribution in [-0.2, 0) is 19.2 Å². The van der Waals surface area contributed by atoms with Crippen LogP contribution in [0.5, 0.6) is 0 Å². The van der Waals surface area contributed by atoms with Gasteiger partial charge in [-0.2, -0.15) is 4.99 Å². The highest BCUT2D eigenvalue weighted by Gasteiger charge is 2.45. The lowest BCUT2D eigenvalue weighted by atomic mass is 10.1. The SMILES string of the molecule is NC1=NC2=NC[C@H](CNc3ccc(C(=O)N[C@@H](CCC(=O)O)C(=O)[O-])cc3)[NH+](C=O)C2C(=O)N1. The van der Waals surface area contributed by atoms with Crippen molar-refractivity contribution in [3.63, 3.8) is 0 Å². The molecule has 0 aliphatic carbocycles. The first kappa shape index (κ1) is 24.3. The Morgan fingerprint density at radius 2 is 2.03 bits per heavy atom. The molecule has 2 unspecified atom stereocenters. The minimum Gasteiger partial charge on any atom is -0.548 e. The van der Waals surface area contributed by atoms with E-state index in [0.29, 0.717) is 17.0 Å². The van der Waals surface area contributed by atoms with Gasteiger partial charge in [0, 0.05) is 17.7 Å². The van der Waals surface area contributed by atoms with E-state index < -0.39 is 42.3 Å². The standard InChI is InChI=1S/C20H23N7O7/c21-20-25-16-15(18(32)26-20)27(9-28)12(8-23-16)7-22-11-3-1-10(2-4-11)17(31)24-13(19(33)34)5-6-14(29)30/h1-4,9,12-13,15,22H,5-8H2,(H,24,31)(H,29,30)(H,33,34)(H3,21,23,25,26,32)/t12-,13-,15?/m0/s1. The molecule has 0 radical (unpaired) electrons. The summed E-state index contributed by atoms with van der Waals surface area (Å²) in [5.41, 5.74) is 6.30. The molecule has 4 atom stereocenters. The first-order valence-corrected chi connectivity index (χ1v) is 10.3. The summed E-state index contributed by atoms with van der Waals surface area (Å²) in [7, 11) is 0. The Morgan fingerprint density at radius 3 is 2.65 bits per heavy atom. The van der Waals surface area contributed by atoms with E-state index >= 15 is 0 Å². The van der Waals surface area contributed by atoms with E-state index in [1.807, 2.05) is 0 Å². The van der Waals surface area contributed by atoms with Gasteiger partial charge in [0.25, 0.3) is 11.8 Å². The zero-order chi connectivity index (χ0) is 24.8. The van der Waals surface area contributed by atoms with Crippen molar-refractivity contribution in [2.24, 2.45) is 15.7 Å². The molecular weight excluding hydrogens is 450 g/mol. The van der Waals surface area contributed by atoms with Gasteiger partial charge in [-0.05, 0) is 30.7 Å². The molecule has 34 heavy (non-hydrogen) atoms. The fraction of sp³-hybridized carbons (Fsp3) is 0.350. The van der Waals surface area contributed by atoms with Crippen molar-refractivity contribution in [2.75, 3.05) is 18.4 Å². The number of carbonyl (C=O) groups excluding carboxylic acids is 4. The van der Waals surface area contributed by atoms with Crippen molar-refractivity contribution in [1.29, 1.82) is 0 Å². The summed E-state index contributed by atoms with van der Waals surface area (Å²) >= 11 is 0. The second-order valence-corrected chi connectivity index (χ2v) is 7.67. The quantitative estimate of drug-likeness (QED) is 0.180. The molecule has 1 aromatic carbocycles. The van der Waals surface area contributed by atoms with Crippen LogP contribution < -0.4 is 31.7 Å². The zero-order valence-corrected chi connectivity index (χ0v) is 17.8. The molecule has 2 aliphatic rings. The molecule has 0 saturated heterocycles. The summed E-state index contributed by atoms with van der Waals surface area (Å²) < 4.78 is 0. The summed E-state index contributed by atoms with van der Waals surface area (Å²) in [5.74, 6) is -3.79. The molecular formula is C20H23N7O7. The maximum absolute atomic E-state index is 12.3. The molecule has 7 N–H and O–H groups in total. The highest BCUT2D eigenvalue weighted by atomic mass is 16.4. The summed E-state index contributed by atoms with van der Waals surface area (Å²) in [6, 6.07) is 3.37. The third kappa shape index (κ3) is 5.72. The van der Waals surface area contributed by atoms with E-state index in [4.69, 9.17) is 10.8 Å². The van der Waals surface area contributed by atoms with Gasteiger partial charge >= 0.3 is 12.4 Å². The van der Waals surface area contributed by atoms with Gasteiger partial charge in [-0.15, -0.1) is 0 Å². The zero-order valence-electron chi connectivity index (χ0n) is 17.8. The summed E-state index contributed by atoms with van der Waals surface area (Å²) in [4.78, 5) is 66.6. The van der Waals surface area contributed by atoms with Crippen molar-refractivity contribution in [1.82, 2.24) is 10.6 Å². The maximum Gasteiger partial charge on any atom is 0.303 e. The van der Waals surface area contributed by atoms with Crippen LogP contribution in [0.15, 0.2) is 34.3 Å². The average Bonchev–Trinajstić information content (AvgIpc) is 2.79. The molecule has 3 amide bonds. The Kier molecular flexibility index (Phi) is 7.53. The van der Waals surface area contributed by atoms with Gasteiger partial charge in [0.15, 0.2) is 5.84 Å². The molecule has 14 nitrogen and oxygen atoms in total. The van der Waals surface area contributed by atoms with Crippen LogP contribution in [0, 0.1) is 0 Å². The number of amides is 3. The van der Waals surface area contributed by atoms with E-state index in [1.165, 1.54) is 12.1 Å². The first-order valence-electron chi connectivity index (χ1n) is 10.3. The number of nitrogens with one attached hydrogen (secondary N) is 4. The van der Waals surface area contributed by atoms with E-state index in [1.54, 1.807) is 12.1 Å². The molecule has 14 heteroatoms. The number of guanidine groups is 1. The Hall–Kier alpha value is -4.33. The number of aliphatic imine (C=N–C) groups is 2. The summed E-state index contributed by atoms with van der Waals surface area (Å²) in [5, 5.41) is 27.6. The predicted octanol–water partition coefficient (Wildman–Crippen LogP) is -4.55. The second kappa shape index (κ2) is 10.5. The molecule has 0 bridgehead atoms. The molecule has 180 valence electrons.